The summed E-state index contributed by atoms with van der Waals surface area (Å²) in [5, 5.41) is 12.2. The molecule has 0 bridgehead atoms. The van der Waals surface area contributed by atoms with Gasteiger partial charge >= 0.3 is 6.09 Å². The lowest BCUT2D eigenvalue weighted by Gasteiger charge is -2.22. The van der Waals surface area contributed by atoms with E-state index < -0.39 is 17.8 Å². The normalized spacial score (nSPS) is 15.1. The monoisotopic (exact) mass is 229 g/mol. The minimum absolute atomic E-state index is 0.121. The van der Waals surface area contributed by atoms with Gasteiger partial charge in [-0.1, -0.05) is 6.08 Å². The summed E-state index contributed by atoms with van der Waals surface area (Å²) in [5.41, 5.74) is -0.496. The zero-order valence-corrected chi connectivity index (χ0v) is 10.6. The van der Waals surface area contributed by atoms with Crippen LogP contribution in [0.25, 0.3) is 0 Å². The lowest BCUT2D eigenvalue weighted by atomic mass is 10.1. The standard InChI is InChI=1S/C12H23NO3/c1-6-7-10(14)8-9(2)13-11(15)16-12(3,4)5/h6,9-10,14H,1,7-8H2,2-5H3,(H,13,15)/t9-,10+/m1/s1. The molecule has 0 fully saturated rings. The van der Waals surface area contributed by atoms with Crippen molar-refractivity contribution < 1.29 is 14.6 Å². The second-order valence-corrected chi connectivity index (χ2v) is 4.96. The van der Waals surface area contributed by atoms with Crippen LogP contribution < -0.4 is 5.32 Å². The maximum Gasteiger partial charge on any atom is 0.407 e. The number of amides is 1. The van der Waals surface area contributed by atoms with Crippen molar-refractivity contribution in [1.29, 1.82) is 0 Å². The number of carbonyl (C=O) groups excluding carboxylic acids is 1. The van der Waals surface area contributed by atoms with E-state index in [1.807, 2.05) is 27.7 Å². The van der Waals surface area contributed by atoms with Gasteiger partial charge in [0.15, 0.2) is 0 Å². The lowest BCUT2D eigenvalue weighted by molar-refractivity contribution is 0.0491. The molecule has 0 heterocycles. The molecule has 2 atom stereocenters. The molecule has 0 aliphatic rings. The number of alkyl carbamates (subject to hydrolysis) is 1. The summed E-state index contributed by atoms with van der Waals surface area (Å²) in [4.78, 5) is 11.4. The largest absolute Gasteiger partial charge is 0.444 e. The highest BCUT2D eigenvalue weighted by Gasteiger charge is 2.18. The van der Waals surface area contributed by atoms with Gasteiger partial charge in [-0.3, -0.25) is 0 Å². The van der Waals surface area contributed by atoms with Crippen molar-refractivity contribution in [2.24, 2.45) is 0 Å². The number of carbonyl (C=O) groups is 1. The maximum atomic E-state index is 11.4. The van der Waals surface area contributed by atoms with Crippen LogP contribution in [-0.4, -0.2) is 28.9 Å². The van der Waals surface area contributed by atoms with Gasteiger partial charge in [0.25, 0.3) is 0 Å². The van der Waals surface area contributed by atoms with Crippen molar-refractivity contribution in [3.05, 3.63) is 12.7 Å². The molecule has 94 valence electrons. The smallest absolute Gasteiger partial charge is 0.407 e. The third kappa shape index (κ3) is 8.29. The number of rotatable bonds is 5. The minimum atomic E-state index is -0.496. The van der Waals surface area contributed by atoms with Gasteiger partial charge in [0.05, 0.1) is 6.10 Å². The first kappa shape index (κ1) is 15.0. The fourth-order valence-electron chi connectivity index (χ4n) is 1.26. The quantitative estimate of drug-likeness (QED) is 0.711. The van der Waals surface area contributed by atoms with Crippen molar-refractivity contribution in [3.8, 4) is 0 Å². The van der Waals surface area contributed by atoms with Crippen molar-refractivity contribution in [2.45, 2.75) is 58.3 Å². The van der Waals surface area contributed by atoms with E-state index in [9.17, 15) is 9.90 Å². The first-order chi connectivity index (χ1) is 7.24. The Morgan fingerprint density at radius 2 is 2.12 bits per heavy atom. The molecule has 0 radical (unpaired) electrons. The number of hydrogen-bond acceptors (Lipinski definition) is 3. The van der Waals surface area contributed by atoms with Gasteiger partial charge in [0, 0.05) is 6.04 Å². The Hall–Kier alpha value is -1.03. The molecule has 0 unspecified atom stereocenters. The fourth-order valence-corrected chi connectivity index (χ4v) is 1.26. The summed E-state index contributed by atoms with van der Waals surface area (Å²) in [7, 11) is 0. The van der Waals surface area contributed by atoms with Gasteiger partial charge in [0.2, 0.25) is 0 Å². The zero-order valence-electron chi connectivity index (χ0n) is 10.6. The molecular weight excluding hydrogens is 206 g/mol. The first-order valence-electron chi connectivity index (χ1n) is 5.53. The molecule has 0 spiro atoms. The van der Waals surface area contributed by atoms with E-state index in [1.165, 1.54) is 0 Å². The number of ether oxygens (including phenoxy) is 1. The molecular formula is C12H23NO3. The Kier molecular flexibility index (Phi) is 6.11. The summed E-state index contributed by atoms with van der Waals surface area (Å²) in [6.45, 7) is 10.8. The average Bonchev–Trinajstić information content (AvgIpc) is 1.98. The highest BCUT2D eigenvalue weighted by Crippen LogP contribution is 2.08. The summed E-state index contributed by atoms with van der Waals surface area (Å²) < 4.78 is 5.10. The van der Waals surface area contributed by atoms with Crippen LogP contribution in [0.5, 0.6) is 0 Å². The Balaban J connectivity index is 3.91. The van der Waals surface area contributed by atoms with Gasteiger partial charge in [-0.25, -0.2) is 4.79 Å². The topological polar surface area (TPSA) is 58.6 Å². The van der Waals surface area contributed by atoms with Gasteiger partial charge in [-0.15, -0.1) is 6.58 Å². The zero-order chi connectivity index (χ0) is 12.8. The average molecular weight is 229 g/mol. The van der Waals surface area contributed by atoms with Gasteiger partial charge in [0.1, 0.15) is 5.60 Å². The van der Waals surface area contributed by atoms with Gasteiger partial charge < -0.3 is 15.2 Å². The fraction of sp³-hybridized carbons (Fsp3) is 0.750. The van der Waals surface area contributed by atoms with E-state index in [2.05, 4.69) is 11.9 Å². The molecule has 1 amide bonds. The van der Waals surface area contributed by atoms with Crippen LogP contribution in [0.4, 0.5) is 4.79 Å². The molecule has 0 aromatic carbocycles. The molecule has 0 aromatic rings. The molecule has 0 aliphatic heterocycles. The Morgan fingerprint density at radius 3 is 2.56 bits per heavy atom. The number of aliphatic hydroxyl groups is 1. The van der Waals surface area contributed by atoms with Crippen LogP contribution >= 0.6 is 0 Å². The van der Waals surface area contributed by atoms with Crippen LogP contribution in [0.15, 0.2) is 12.7 Å². The predicted molar refractivity (Wildman–Crippen MR) is 64.3 cm³/mol. The van der Waals surface area contributed by atoms with E-state index in [4.69, 9.17) is 4.74 Å². The van der Waals surface area contributed by atoms with Crippen LogP contribution in [0.1, 0.15) is 40.5 Å². The SMILES string of the molecule is C=CC[C@H](O)C[C@@H](C)NC(=O)OC(C)(C)C. The molecule has 16 heavy (non-hydrogen) atoms. The van der Waals surface area contributed by atoms with Crippen molar-refractivity contribution in [1.82, 2.24) is 5.32 Å². The molecule has 0 aromatic heterocycles. The van der Waals surface area contributed by atoms with Crippen molar-refractivity contribution in [2.75, 3.05) is 0 Å². The first-order valence-corrected chi connectivity index (χ1v) is 5.53. The second kappa shape index (κ2) is 6.53. The van der Waals surface area contributed by atoms with Crippen LogP contribution in [-0.2, 0) is 4.74 Å². The van der Waals surface area contributed by atoms with Crippen molar-refractivity contribution >= 4 is 6.09 Å². The number of hydrogen-bond donors (Lipinski definition) is 2. The maximum absolute atomic E-state index is 11.4. The molecule has 4 nitrogen and oxygen atoms in total. The van der Waals surface area contributed by atoms with Gasteiger partial charge in [-0.05, 0) is 40.5 Å². The minimum Gasteiger partial charge on any atom is -0.444 e. The molecule has 4 heteroatoms. The van der Waals surface area contributed by atoms with Gasteiger partial charge in [-0.2, -0.15) is 0 Å². The molecule has 0 aliphatic carbocycles. The van der Waals surface area contributed by atoms with E-state index in [0.29, 0.717) is 12.8 Å². The van der Waals surface area contributed by atoms with E-state index >= 15 is 0 Å². The van der Waals surface area contributed by atoms with E-state index in [0.717, 1.165) is 0 Å². The summed E-state index contributed by atoms with van der Waals surface area (Å²) >= 11 is 0. The third-order valence-corrected chi connectivity index (χ3v) is 1.83. The van der Waals surface area contributed by atoms with Crippen LogP contribution in [0.2, 0.25) is 0 Å². The molecule has 0 saturated heterocycles. The molecule has 2 N–H and O–H groups in total. The molecule has 0 saturated carbocycles. The molecule has 0 rings (SSSR count). The lowest BCUT2D eigenvalue weighted by Crippen LogP contribution is -2.39. The van der Waals surface area contributed by atoms with E-state index in [1.54, 1.807) is 6.08 Å². The van der Waals surface area contributed by atoms with Crippen LogP contribution in [0.3, 0.4) is 0 Å². The highest BCUT2D eigenvalue weighted by atomic mass is 16.6. The van der Waals surface area contributed by atoms with E-state index in [-0.39, 0.29) is 6.04 Å². The third-order valence-electron chi connectivity index (χ3n) is 1.83. The highest BCUT2D eigenvalue weighted by molar-refractivity contribution is 5.68. The summed E-state index contributed by atoms with van der Waals surface area (Å²) in [6.07, 6.45) is 1.75. The predicted octanol–water partition coefficient (Wildman–Crippen LogP) is 2.23. The number of nitrogens with one attached hydrogen (secondary N) is 1. The Morgan fingerprint density at radius 1 is 1.56 bits per heavy atom. The second-order valence-electron chi connectivity index (χ2n) is 4.96. The van der Waals surface area contributed by atoms with Crippen LogP contribution in [0, 0.1) is 0 Å². The summed E-state index contributed by atoms with van der Waals surface area (Å²) in [5.74, 6) is 0. The Bertz CT molecular complexity index is 233. The summed E-state index contributed by atoms with van der Waals surface area (Å²) in [6, 6.07) is -0.121. The van der Waals surface area contributed by atoms with Crippen molar-refractivity contribution in [3.63, 3.8) is 0 Å². The Labute approximate surface area is 97.7 Å². The number of aliphatic hydroxyl groups excluding tert-OH is 1.